The number of carbonyl (C=O) groups is 1. The molecular weight excluding hydrogens is 351 g/mol. The van der Waals surface area contributed by atoms with Crippen molar-refractivity contribution in [1.29, 1.82) is 0 Å². The summed E-state index contributed by atoms with van der Waals surface area (Å²) in [4.78, 5) is 16.5. The SMILES string of the molecule is CC(C)OCC(O)CN1CCN(C(=O)c2cc(Cl)cc(Cl)c2)CC1. The first-order valence-electron chi connectivity index (χ1n) is 8.12. The standard InChI is InChI=1S/C17H24Cl2N2O3/c1-12(2)24-11-16(22)10-20-3-5-21(6-4-20)17(23)13-7-14(18)9-15(19)8-13/h7-9,12,16,22H,3-6,10-11H2,1-2H3. The second-order valence-electron chi connectivity index (χ2n) is 6.29. The van der Waals surface area contributed by atoms with Gasteiger partial charge in [-0.25, -0.2) is 0 Å². The summed E-state index contributed by atoms with van der Waals surface area (Å²) in [6, 6.07) is 4.88. The van der Waals surface area contributed by atoms with Crippen LogP contribution in [0.4, 0.5) is 0 Å². The maximum Gasteiger partial charge on any atom is 0.254 e. The number of aliphatic hydroxyl groups excluding tert-OH is 1. The van der Waals surface area contributed by atoms with E-state index in [0.29, 0.717) is 41.8 Å². The van der Waals surface area contributed by atoms with Crippen LogP contribution < -0.4 is 0 Å². The maximum absolute atomic E-state index is 12.5. The maximum atomic E-state index is 12.5. The van der Waals surface area contributed by atoms with Gasteiger partial charge in [0.15, 0.2) is 0 Å². The van der Waals surface area contributed by atoms with E-state index >= 15 is 0 Å². The van der Waals surface area contributed by atoms with Gasteiger partial charge in [0.05, 0.1) is 18.8 Å². The summed E-state index contributed by atoms with van der Waals surface area (Å²) in [5.41, 5.74) is 0.506. The van der Waals surface area contributed by atoms with Crippen LogP contribution in [0.1, 0.15) is 24.2 Å². The van der Waals surface area contributed by atoms with Crippen molar-refractivity contribution in [1.82, 2.24) is 9.80 Å². The Labute approximate surface area is 153 Å². The molecule has 1 saturated heterocycles. The second kappa shape index (κ2) is 9.02. The molecule has 1 amide bonds. The van der Waals surface area contributed by atoms with Crippen LogP contribution in [0.25, 0.3) is 0 Å². The number of benzene rings is 1. The average molecular weight is 375 g/mol. The van der Waals surface area contributed by atoms with Crippen molar-refractivity contribution in [3.05, 3.63) is 33.8 Å². The second-order valence-corrected chi connectivity index (χ2v) is 7.16. The Balaban J connectivity index is 1.82. The van der Waals surface area contributed by atoms with Gasteiger partial charge in [0.1, 0.15) is 0 Å². The molecule has 1 aliphatic heterocycles. The van der Waals surface area contributed by atoms with E-state index in [4.69, 9.17) is 27.9 Å². The first-order valence-corrected chi connectivity index (χ1v) is 8.88. The Morgan fingerprint density at radius 3 is 2.29 bits per heavy atom. The molecule has 1 aromatic carbocycles. The number of carbonyl (C=O) groups excluding carboxylic acids is 1. The fourth-order valence-electron chi connectivity index (χ4n) is 2.65. The number of aliphatic hydroxyl groups is 1. The number of ether oxygens (including phenoxy) is 1. The van der Waals surface area contributed by atoms with Crippen molar-refractivity contribution in [3.8, 4) is 0 Å². The predicted octanol–water partition coefficient (Wildman–Crippen LogP) is 2.54. The van der Waals surface area contributed by atoms with Crippen LogP contribution in [0, 0.1) is 0 Å². The van der Waals surface area contributed by atoms with Crippen LogP contribution >= 0.6 is 23.2 Å². The Morgan fingerprint density at radius 2 is 1.75 bits per heavy atom. The van der Waals surface area contributed by atoms with E-state index in [-0.39, 0.29) is 12.0 Å². The molecular formula is C17H24Cl2N2O3. The summed E-state index contributed by atoms with van der Waals surface area (Å²) >= 11 is 11.9. The molecule has 1 aromatic rings. The number of rotatable bonds is 6. The zero-order valence-corrected chi connectivity index (χ0v) is 15.6. The number of hydrogen-bond donors (Lipinski definition) is 1. The van der Waals surface area contributed by atoms with Crippen LogP contribution in [-0.4, -0.2) is 72.4 Å². The molecule has 1 fully saturated rings. The molecule has 5 nitrogen and oxygen atoms in total. The number of β-amino-alcohol motifs (C(OH)–C–C–N with tert-alkyl or cyclic N) is 1. The first-order chi connectivity index (χ1) is 11.3. The molecule has 0 aromatic heterocycles. The van der Waals surface area contributed by atoms with E-state index in [1.807, 2.05) is 13.8 Å². The van der Waals surface area contributed by atoms with E-state index in [0.717, 1.165) is 13.1 Å². The van der Waals surface area contributed by atoms with Gasteiger partial charge in [-0.3, -0.25) is 9.69 Å². The molecule has 7 heteroatoms. The average Bonchev–Trinajstić information content (AvgIpc) is 2.52. The van der Waals surface area contributed by atoms with Crippen LogP contribution in [0.2, 0.25) is 10.0 Å². The third-order valence-corrected chi connectivity index (χ3v) is 4.30. The minimum atomic E-state index is -0.513. The van der Waals surface area contributed by atoms with Crippen LogP contribution in [0.3, 0.4) is 0 Å². The minimum Gasteiger partial charge on any atom is -0.389 e. The van der Waals surface area contributed by atoms with Crippen LogP contribution in [-0.2, 0) is 4.74 Å². The molecule has 1 atom stereocenters. The van der Waals surface area contributed by atoms with Gasteiger partial charge in [-0.05, 0) is 32.0 Å². The van der Waals surface area contributed by atoms with Crippen molar-refractivity contribution < 1.29 is 14.6 Å². The van der Waals surface area contributed by atoms with E-state index < -0.39 is 6.10 Å². The van der Waals surface area contributed by atoms with Crippen molar-refractivity contribution in [3.63, 3.8) is 0 Å². The molecule has 1 unspecified atom stereocenters. The summed E-state index contributed by atoms with van der Waals surface area (Å²) in [5, 5.41) is 10.9. The summed E-state index contributed by atoms with van der Waals surface area (Å²) in [7, 11) is 0. The number of halogens is 2. The molecule has 1 N–H and O–H groups in total. The van der Waals surface area contributed by atoms with E-state index in [1.54, 1.807) is 23.1 Å². The van der Waals surface area contributed by atoms with Crippen molar-refractivity contribution in [2.24, 2.45) is 0 Å². The smallest absolute Gasteiger partial charge is 0.254 e. The van der Waals surface area contributed by atoms with E-state index in [1.165, 1.54) is 0 Å². The molecule has 0 radical (unpaired) electrons. The van der Waals surface area contributed by atoms with Gasteiger partial charge < -0.3 is 14.7 Å². The largest absolute Gasteiger partial charge is 0.389 e. The van der Waals surface area contributed by atoms with Crippen LogP contribution in [0.15, 0.2) is 18.2 Å². The highest BCUT2D eigenvalue weighted by atomic mass is 35.5. The zero-order chi connectivity index (χ0) is 17.7. The molecule has 1 aliphatic rings. The Morgan fingerprint density at radius 1 is 1.17 bits per heavy atom. The molecule has 2 rings (SSSR count). The summed E-state index contributed by atoms with van der Waals surface area (Å²) in [5.74, 6) is -0.0669. The van der Waals surface area contributed by atoms with Gasteiger partial charge >= 0.3 is 0 Å². The Bertz CT molecular complexity index is 541. The summed E-state index contributed by atoms with van der Waals surface area (Å²) in [6.45, 7) is 7.44. The molecule has 0 aliphatic carbocycles. The van der Waals surface area contributed by atoms with Gasteiger partial charge in [-0.2, -0.15) is 0 Å². The third kappa shape index (κ3) is 5.90. The minimum absolute atomic E-state index is 0.0669. The van der Waals surface area contributed by atoms with Gasteiger partial charge in [-0.1, -0.05) is 23.2 Å². The third-order valence-electron chi connectivity index (χ3n) is 3.86. The number of nitrogens with zero attached hydrogens (tertiary/aromatic N) is 2. The summed E-state index contributed by atoms with van der Waals surface area (Å²) < 4.78 is 5.42. The molecule has 0 saturated carbocycles. The number of piperazine rings is 1. The molecule has 134 valence electrons. The number of hydrogen-bond acceptors (Lipinski definition) is 4. The molecule has 0 spiro atoms. The Hall–Kier alpha value is -0.850. The van der Waals surface area contributed by atoms with Crippen molar-refractivity contribution >= 4 is 29.1 Å². The van der Waals surface area contributed by atoms with Crippen LogP contribution in [0.5, 0.6) is 0 Å². The van der Waals surface area contributed by atoms with Gasteiger partial charge in [0, 0.05) is 48.3 Å². The quantitative estimate of drug-likeness (QED) is 0.830. The highest BCUT2D eigenvalue weighted by Crippen LogP contribution is 2.20. The monoisotopic (exact) mass is 374 g/mol. The van der Waals surface area contributed by atoms with E-state index in [9.17, 15) is 9.90 Å². The van der Waals surface area contributed by atoms with Gasteiger partial charge in [0.2, 0.25) is 0 Å². The van der Waals surface area contributed by atoms with Gasteiger partial charge in [0.25, 0.3) is 5.91 Å². The molecule has 0 bridgehead atoms. The Kier molecular flexibility index (Phi) is 7.32. The lowest BCUT2D eigenvalue weighted by molar-refractivity contribution is -0.0137. The first kappa shape index (κ1) is 19.5. The number of amides is 1. The fraction of sp³-hybridized carbons (Fsp3) is 0.588. The molecule has 24 heavy (non-hydrogen) atoms. The predicted molar refractivity (Wildman–Crippen MR) is 95.9 cm³/mol. The fourth-order valence-corrected chi connectivity index (χ4v) is 3.17. The van der Waals surface area contributed by atoms with Gasteiger partial charge in [-0.15, -0.1) is 0 Å². The topological polar surface area (TPSA) is 53.0 Å². The lowest BCUT2D eigenvalue weighted by Crippen LogP contribution is -2.50. The summed E-state index contributed by atoms with van der Waals surface area (Å²) in [6.07, 6.45) is -0.403. The zero-order valence-electron chi connectivity index (χ0n) is 14.0. The lowest BCUT2D eigenvalue weighted by atomic mass is 10.1. The van der Waals surface area contributed by atoms with E-state index in [2.05, 4.69) is 4.90 Å². The lowest BCUT2D eigenvalue weighted by Gasteiger charge is -2.35. The van der Waals surface area contributed by atoms with Crippen molar-refractivity contribution in [2.75, 3.05) is 39.3 Å². The molecule has 1 heterocycles. The van der Waals surface area contributed by atoms with Crippen molar-refractivity contribution in [2.45, 2.75) is 26.1 Å². The highest BCUT2D eigenvalue weighted by Gasteiger charge is 2.24. The highest BCUT2D eigenvalue weighted by molar-refractivity contribution is 6.35. The normalized spacial score (nSPS) is 17.3.